The van der Waals surface area contributed by atoms with Gasteiger partial charge in [0.05, 0.1) is 6.54 Å². The second kappa shape index (κ2) is 5.98. The number of aryl methyl sites for hydroxylation is 1. The molecule has 4 nitrogen and oxygen atoms in total. The number of hydrogen-bond donors (Lipinski definition) is 1. The first-order valence-corrected chi connectivity index (χ1v) is 5.39. The van der Waals surface area contributed by atoms with Crippen molar-refractivity contribution in [3.63, 3.8) is 0 Å². The molecule has 0 aromatic carbocycles. The molecule has 0 spiro atoms. The highest BCUT2D eigenvalue weighted by Gasteiger charge is 2.03. The Balaban J connectivity index is 2.23. The minimum Gasteiger partial charge on any atom is -0.307 e. The van der Waals surface area contributed by atoms with Gasteiger partial charge in [-0.2, -0.15) is 5.10 Å². The second-order valence-corrected chi connectivity index (χ2v) is 3.79. The molecule has 1 atom stereocenters. The molecule has 0 radical (unpaired) electrons. The van der Waals surface area contributed by atoms with Gasteiger partial charge >= 0.3 is 0 Å². The Labute approximate surface area is 89.7 Å². The van der Waals surface area contributed by atoms with Gasteiger partial charge in [0.25, 0.3) is 0 Å². The zero-order chi connectivity index (χ0) is 10.4. The summed E-state index contributed by atoms with van der Waals surface area (Å²) >= 11 is 5.62. The zero-order valence-corrected chi connectivity index (χ0v) is 9.46. The van der Waals surface area contributed by atoms with E-state index in [1.54, 1.807) is 11.0 Å². The van der Waals surface area contributed by atoms with E-state index in [1.165, 1.54) is 0 Å². The highest BCUT2D eigenvalue weighted by molar-refractivity contribution is 6.17. The smallest absolute Gasteiger partial charge is 0.140 e. The van der Waals surface area contributed by atoms with Gasteiger partial charge in [-0.3, -0.25) is 4.68 Å². The molecule has 1 heterocycles. The molecule has 1 aromatic heterocycles. The largest absolute Gasteiger partial charge is 0.307 e. The number of nitrogens with zero attached hydrogens (tertiary/aromatic N) is 3. The molecule has 0 fully saturated rings. The van der Waals surface area contributed by atoms with Crippen molar-refractivity contribution in [2.75, 3.05) is 5.88 Å². The molecule has 5 heteroatoms. The van der Waals surface area contributed by atoms with Gasteiger partial charge in [0.1, 0.15) is 12.2 Å². The van der Waals surface area contributed by atoms with E-state index in [-0.39, 0.29) is 0 Å². The molecule has 1 aromatic rings. The van der Waals surface area contributed by atoms with Crippen LogP contribution in [-0.2, 0) is 13.6 Å². The van der Waals surface area contributed by atoms with Crippen LogP contribution in [0.3, 0.4) is 0 Å². The van der Waals surface area contributed by atoms with Gasteiger partial charge in [-0.15, -0.1) is 11.6 Å². The normalized spacial score (nSPS) is 13.1. The van der Waals surface area contributed by atoms with Crippen LogP contribution in [0.4, 0.5) is 0 Å². The van der Waals surface area contributed by atoms with Gasteiger partial charge in [0, 0.05) is 19.0 Å². The topological polar surface area (TPSA) is 42.7 Å². The Kier molecular flexibility index (Phi) is 4.90. The average molecular weight is 217 g/mol. The van der Waals surface area contributed by atoms with Gasteiger partial charge < -0.3 is 5.32 Å². The minimum absolute atomic E-state index is 0.477. The molecule has 0 aliphatic rings. The van der Waals surface area contributed by atoms with Crippen LogP contribution in [0.25, 0.3) is 0 Å². The van der Waals surface area contributed by atoms with E-state index in [2.05, 4.69) is 22.3 Å². The first-order chi connectivity index (χ1) is 6.74. The van der Waals surface area contributed by atoms with E-state index in [1.807, 2.05) is 7.05 Å². The van der Waals surface area contributed by atoms with E-state index in [4.69, 9.17) is 11.6 Å². The van der Waals surface area contributed by atoms with E-state index >= 15 is 0 Å². The highest BCUT2D eigenvalue weighted by Crippen LogP contribution is 1.99. The molecule has 0 aliphatic carbocycles. The van der Waals surface area contributed by atoms with E-state index in [9.17, 15) is 0 Å². The first-order valence-electron chi connectivity index (χ1n) is 4.86. The van der Waals surface area contributed by atoms with Crippen molar-refractivity contribution in [3.8, 4) is 0 Å². The Morgan fingerprint density at radius 3 is 3.00 bits per heavy atom. The number of hydrogen-bond acceptors (Lipinski definition) is 3. The molecular formula is C9H17ClN4. The first kappa shape index (κ1) is 11.5. The van der Waals surface area contributed by atoms with Crippen molar-refractivity contribution in [1.82, 2.24) is 20.1 Å². The van der Waals surface area contributed by atoms with Crippen LogP contribution >= 0.6 is 11.6 Å². The summed E-state index contributed by atoms with van der Waals surface area (Å²) in [5, 5.41) is 7.38. The summed E-state index contributed by atoms with van der Waals surface area (Å²) in [5.74, 6) is 1.69. The SMILES string of the molecule is CC(CCCCl)NCc1ncnn1C. The quantitative estimate of drug-likeness (QED) is 0.730. The van der Waals surface area contributed by atoms with Crippen molar-refractivity contribution in [2.24, 2.45) is 7.05 Å². The van der Waals surface area contributed by atoms with Crippen molar-refractivity contribution < 1.29 is 0 Å². The zero-order valence-electron chi connectivity index (χ0n) is 8.70. The van der Waals surface area contributed by atoms with Gasteiger partial charge in [-0.1, -0.05) is 0 Å². The van der Waals surface area contributed by atoms with Crippen molar-refractivity contribution >= 4 is 11.6 Å². The number of alkyl halides is 1. The third-order valence-electron chi connectivity index (χ3n) is 2.18. The second-order valence-electron chi connectivity index (χ2n) is 3.41. The van der Waals surface area contributed by atoms with Gasteiger partial charge in [-0.05, 0) is 19.8 Å². The number of nitrogens with one attached hydrogen (secondary N) is 1. The molecule has 14 heavy (non-hydrogen) atoms. The van der Waals surface area contributed by atoms with Crippen LogP contribution in [0.2, 0.25) is 0 Å². The minimum atomic E-state index is 0.477. The molecule has 1 N–H and O–H groups in total. The summed E-state index contributed by atoms with van der Waals surface area (Å²) in [6.45, 7) is 2.92. The summed E-state index contributed by atoms with van der Waals surface area (Å²) in [6.07, 6.45) is 3.72. The van der Waals surface area contributed by atoms with Crippen molar-refractivity contribution in [1.29, 1.82) is 0 Å². The number of halogens is 1. The van der Waals surface area contributed by atoms with Gasteiger partial charge in [0.15, 0.2) is 0 Å². The van der Waals surface area contributed by atoms with Crippen molar-refractivity contribution in [2.45, 2.75) is 32.4 Å². The standard InChI is InChI=1S/C9H17ClN4/c1-8(4-3-5-10)11-6-9-12-7-13-14(9)2/h7-8,11H,3-6H2,1-2H3. The fourth-order valence-corrected chi connectivity index (χ4v) is 1.39. The average Bonchev–Trinajstić information content (AvgIpc) is 2.58. The lowest BCUT2D eigenvalue weighted by Gasteiger charge is -2.11. The third-order valence-corrected chi connectivity index (χ3v) is 2.45. The summed E-state index contributed by atoms with van der Waals surface area (Å²) in [4.78, 5) is 4.13. The van der Waals surface area contributed by atoms with Crippen LogP contribution in [0.5, 0.6) is 0 Å². The van der Waals surface area contributed by atoms with Gasteiger partial charge in [-0.25, -0.2) is 4.98 Å². The monoisotopic (exact) mass is 216 g/mol. The predicted octanol–water partition coefficient (Wildman–Crippen LogP) is 1.31. The van der Waals surface area contributed by atoms with Crippen LogP contribution in [0.1, 0.15) is 25.6 Å². The molecule has 1 rings (SSSR count). The van der Waals surface area contributed by atoms with Gasteiger partial charge in [0.2, 0.25) is 0 Å². The summed E-state index contributed by atoms with van der Waals surface area (Å²) in [6, 6.07) is 0.477. The molecule has 0 saturated heterocycles. The van der Waals surface area contributed by atoms with Crippen molar-refractivity contribution in [3.05, 3.63) is 12.2 Å². The molecular weight excluding hydrogens is 200 g/mol. The van der Waals surface area contributed by atoms with E-state index in [0.29, 0.717) is 6.04 Å². The van der Waals surface area contributed by atoms with Crippen LogP contribution in [0, 0.1) is 0 Å². The molecule has 0 bridgehead atoms. The summed E-state index contributed by atoms with van der Waals surface area (Å²) in [5.41, 5.74) is 0. The molecule has 0 amide bonds. The highest BCUT2D eigenvalue weighted by atomic mass is 35.5. The summed E-state index contributed by atoms with van der Waals surface area (Å²) in [7, 11) is 1.90. The molecule has 80 valence electrons. The Morgan fingerprint density at radius 2 is 2.43 bits per heavy atom. The predicted molar refractivity (Wildman–Crippen MR) is 57.3 cm³/mol. The Bertz CT molecular complexity index is 261. The fourth-order valence-electron chi connectivity index (χ4n) is 1.23. The fraction of sp³-hybridized carbons (Fsp3) is 0.778. The number of aromatic nitrogens is 3. The van der Waals surface area contributed by atoms with E-state index < -0.39 is 0 Å². The molecule has 1 unspecified atom stereocenters. The lowest BCUT2D eigenvalue weighted by molar-refractivity contribution is 0.491. The summed E-state index contributed by atoms with van der Waals surface area (Å²) < 4.78 is 1.78. The van der Waals surface area contributed by atoms with Crippen LogP contribution < -0.4 is 5.32 Å². The lowest BCUT2D eigenvalue weighted by Crippen LogP contribution is -2.26. The third kappa shape index (κ3) is 3.64. The maximum atomic E-state index is 5.62. The van der Waals surface area contributed by atoms with E-state index in [0.717, 1.165) is 31.1 Å². The molecule has 0 saturated carbocycles. The Morgan fingerprint density at radius 1 is 1.64 bits per heavy atom. The van der Waals surface area contributed by atoms with Crippen LogP contribution in [0.15, 0.2) is 6.33 Å². The lowest BCUT2D eigenvalue weighted by atomic mass is 10.2. The Hall–Kier alpha value is -0.610. The maximum absolute atomic E-state index is 5.62. The molecule has 0 aliphatic heterocycles. The number of rotatable bonds is 6. The van der Waals surface area contributed by atoms with Crippen LogP contribution in [-0.4, -0.2) is 26.7 Å². The maximum Gasteiger partial charge on any atom is 0.140 e.